The van der Waals surface area contributed by atoms with Crippen molar-refractivity contribution >= 4 is 5.65 Å². The van der Waals surface area contributed by atoms with Gasteiger partial charge in [-0.25, -0.2) is 4.98 Å². The molecule has 4 rings (SSSR count). The Balaban J connectivity index is 1.79. The first-order valence-electron chi connectivity index (χ1n) is 9.73. The van der Waals surface area contributed by atoms with Crippen molar-refractivity contribution in [2.75, 3.05) is 0 Å². The van der Waals surface area contributed by atoms with Gasteiger partial charge in [-0.2, -0.15) is 0 Å². The summed E-state index contributed by atoms with van der Waals surface area (Å²) in [5, 5.41) is 0. The Hall–Kier alpha value is -1.31. The molecule has 2 aliphatic carbocycles. The van der Waals surface area contributed by atoms with Crippen molar-refractivity contribution in [1.29, 1.82) is 0 Å². The van der Waals surface area contributed by atoms with Crippen molar-refractivity contribution in [2.24, 2.45) is 0 Å². The molecule has 0 N–H and O–H groups in total. The van der Waals surface area contributed by atoms with E-state index in [0.717, 1.165) is 5.92 Å². The largest absolute Gasteiger partial charge is 0.304 e. The highest BCUT2D eigenvalue weighted by Crippen LogP contribution is 2.38. The molecule has 2 aliphatic rings. The second-order valence-corrected chi connectivity index (χ2v) is 7.91. The van der Waals surface area contributed by atoms with Gasteiger partial charge in [0.25, 0.3) is 0 Å². The van der Waals surface area contributed by atoms with Gasteiger partial charge in [-0.3, -0.25) is 0 Å². The minimum atomic E-state index is 0.697. The van der Waals surface area contributed by atoms with E-state index in [1.54, 1.807) is 5.56 Å². The van der Waals surface area contributed by atoms with E-state index in [1.165, 1.54) is 86.8 Å². The summed E-state index contributed by atoms with van der Waals surface area (Å²) in [4.78, 5) is 5.20. The summed E-state index contributed by atoms with van der Waals surface area (Å²) in [6, 6.07) is 2.38. The first-order valence-corrected chi connectivity index (χ1v) is 9.73. The van der Waals surface area contributed by atoms with Crippen LogP contribution >= 0.6 is 0 Å². The summed E-state index contributed by atoms with van der Waals surface area (Å²) < 4.78 is 2.39. The molecule has 2 nitrogen and oxygen atoms in total. The summed E-state index contributed by atoms with van der Waals surface area (Å²) in [5.74, 6) is 1.43. The minimum absolute atomic E-state index is 0.697. The van der Waals surface area contributed by atoms with Crippen molar-refractivity contribution in [1.82, 2.24) is 9.38 Å². The highest BCUT2D eigenvalue weighted by Gasteiger charge is 2.24. The highest BCUT2D eigenvalue weighted by atomic mass is 15.0. The maximum Gasteiger partial charge on any atom is 0.140 e. The molecule has 0 aromatic carbocycles. The molecule has 0 saturated heterocycles. The molecule has 0 amide bonds. The molecule has 0 radical (unpaired) electrons. The molecule has 2 heterocycles. The van der Waals surface area contributed by atoms with Crippen LogP contribution in [0.3, 0.4) is 0 Å². The van der Waals surface area contributed by atoms with Gasteiger partial charge in [-0.1, -0.05) is 38.5 Å². The smallest absolute Gasteiger partial charge is 0.140 e. The molecule has 2 fully saturated rings. The van der Waals surface area contributed by atoms with Crippen LogP contribution in [-0.2, 0) is 0 Å². The Morgan fingerprint density at radius 2 is 1.48 bits per heavy atom. The van der Waals surface area contributed by atoms with Gasteiger partial charge in [0.2, 0.25) is 0 Å². The third-order valence-electron chi connectivity index (χ3n) is 6.23. The van der Waals surface area contributed by atoms with Gasteiger partial charge in [0.1, 0.15) is 5.65 Å². The molecule has 2 saturated carbocycles. The van der Waals surface area contributed by atoms with Crippen LogP contribution in [0.2, 0.25) is 0 Å². The fraction of sp³-hybridized carbons (Fsp3) is 0.667. The number of hydrogen-bond acceptors (Lipinski definition) is 1. The van der Waals surface area contributed by atoms with Crippen molar-refractivity contribution < 1.29 is 0 Å². The quantitative estimate of drug-likeness (QED) is 0.660. The zero-order valence-electron chi connectivity index (χ0n) is 14.8. The van der Waals surface area contributed by atoms with Crippen molar-refractivity contribution in [2.45, 2.75) is 89.9 Å². The Morgan fingerprint density at radius 1 is 0.870 bits per heavy atom. The van der Waals surface area contributed by atoms with Crippen LogP contribution in [0.4, 0.5) is 0 Å². The number of hydrogen-bond donors (Lipinski definition) is 0. The van der Waals surface area contributed by atoms with Gasteiger partial charge in [-0.15, -0.1) is 0 Å². The van der Waals surface area contributed by atoms with Crippen LogP contribution in [0.1, 0.15) is 98.6 Å². The summed E-state index contributed by atoms with van der Waals surface area (Å²) >= 11 is 0. The SMILES string of the molecule is Cc1cc(C)n2cc(C3CCCCC3)nc2c1C1CCCCC1. The second kappa shape index (κ2) is 6.30. The van der Waals surface area contributed by atoms with Crippen LogP contribution in [0.15, 0.2) is 12.3 Å². The van der Waals surface area contributed by atoms with E-state index in [4.69, 9.17) is 4.98 Å². The molecule has 2 aromatic rings. The van der Waals surface area contributed by atoms with E-state index in [1.807, 2.05) is 0 Å². The molecule has 0 unspecified atom stereocenters. The molecule has 0 spiro atoms. The lowest BCUT2D eigenvalue weighted by Crippen LogP contribution is -2.09. The number of fused-ring (bicyclic) bond motifs is 1. The third kappa shape index (κ3) is 2.81. The Morgan fingerprint density at radius 3 is 2.13 bits per heavy atom. The lowest BCUT2D eigenvalue weighted by atomic mass is 9.82. The van der Waals surface area contributed by atoms with Crippen molar-refractivity contribution in [3.63, 3.8) is 0 Å². The average Bonchev–Trinajstić information content (AvgIpc) is 3.02. The third-order valence-corrected chi connectivity index (χ3v) is 6.23. The monoisotopic (exact) mass is 310 g/mol. The first kappa shape index (κ1) is 15.2. The standard InChI is InChI=1S/C21H30N2/c1-15-13-16(2)23-14-19(17-9-5-3-6-10-17)22-21(23)20(15)18-11-7-4-8-12-18/h13-14,17-18H,3-12H2,1-2H3. The predicted molar refractivity (Wildman–Crippen MR) is 96.3 cm³/mol. The summed E-state index contributed by atoms with van der Waals surface area (Å²) in [6.07, 6.45) is 16.1. The molecule has 0 bridgehead atoms. The van der Waals surface area contributed by atoms with Gasteiger partial charge in [-0.05, 0) is 57.1 Å². The van der Waals surface area contributed by atoms with E-state index in [0.29, 0.717) is 5.92 Å². The van der Waals surface area contributed by atoms with E-state index >= 15 is 0 Å². The number of imidazole rings is 1. The summed E-state index contributed by atoms with van der Waals surface area (Å²) in [5.41, 5.74) is 6.98. The first-order chi connectivity index (χ1) is 11.2. The van der Waals surface area contributed by atoms with Gasteiger partial charge in [0.05, 0.1) is 5.69 Å². The Kier molecular flexibility index (Phi) is 4.17. The predicted octanol–water partition coefficient (Wildman–Crippen LogP) is 6.05. The second-order valence-electron chi connectivity index (χ2n) is 7.91. The molecule has 0 aliphatic heterocycles. The minimum Gasteiger partial charge on any atom is -0.304 e. The summed E-state index contributed by atoms with van der Waals surface area (Å²) in [6.45, 7) is 4.53. The van der Waals surface area contributed by atoms with E-state index in [-0.39, 0.29) is 0 Å². The van der Waals surface area contributed by atoms with Gasteiger partial charge >= 0.3 is 0 Å². The summed E-state index contributed by atoms with van der Waals surface area (Å²) in [7, 11) is 0. The van der Waals surface area contributed by atoms with Gasteiger partial charge < -0.3 is 4.40 Å². The molecule has 23 heavy (non-hydrogen) atoms. The van der Waals surface area contributed by atoms with Crippen LogP contribution in [0, 0.1) is 13.8 Å². The fourth-order valence-electron chi connectivity index (χ4n) is 4.99. The lowest BCUT2D eigenvalue weighted by molar-refractivity contribution is 0.437. The molecular formula is C21H30N2. The fourth-order valence-corrected chi connectivity index (χ4v) is 4.99. The molecule has 0 atom stereocenters. The Bertz CT molecular complexity index is 685. The van der Waals surface area contributed by atoms with E-state index in [9.17, 15) is 0 Å². The average molecular weight is 310 g/mol. The van der Waals surface area contributed by atoms with Crippen LogP contribution in [0.5, 0.6) is 0 Å². The van der Waals surface area contributed by atoms with Gasteiger partial charge in [0.15, 0.2) is 0 Å². The highest BCUT2D eigenvalue weighted by molar-refractivity contribution is 5.56. The Labute approximate surface area is 140 Å². The normalized spacial score (nSPS) is 21.1. The number of pyridine rings is 1. The van der Waals surface area contributed by atoms with Crippen molar-refractivity contribution in [3.05, 3.63) is 34.8 Å². The van der Waals surface area contributed by atoms with Crippen LogP contribution in [0.25, 0.3) is 5.65 Å². The number of aryl methyl sites for hydroxylation is 2. The lowest BCUT2D eigenvalue weighted by Gasteiger charge is -2.24. The zero-order valence-corrected chi connectivity index (χ0v) is 14.8. The zero-order chi connectivity index (χ0) is 15.8. The molecule has 2 heteroatoms. The topological polar surface area (TPSA) is 17.3 Å². The van der Waals surface area contributed by atoms with E-state index < -0.39 is 0 Å². The van der Waals surface area contributed by atoms with Crippen LogP contribution < -0.4 is 0 Å². The number of rotatable bonds is 2. The number of aromatic nitrogens is 2. The maximum atomic E-state index is 5.20. The van der Waals surface area contributed by atoms with Crippen LogP contribution in [-0.4, -0.2) is 9.38 Å². The van der Waals surface area contributed by atoms with E-state index in [2.05, 4.69) is 30.5 Å². The molecule has 2 aromatic heterocycles. The van der Waals surface area contributed by atoms with Crippen molar-refractivity contribution in [3.8, 4) is 0 Å². The maximum absolute atomic E-state index is 5.20. The molecular weight excluding hydrogens is 280 g/mol. The molecule has 124 valence electrons. The number of nitrogens with zero attached hydrogens (tertiary/aromatic N) is 2. The van der Waals surface area contributed by atoms with Gasteiger partial charge in [0, 0.05) is 23.4 Å².